The lowest BCUT2D eigenvalue weighted by molar-refractivity contribution is 0.0398. The van der Waals surface area contributed by atoms with E-state index in [1.165, 1.54) is 0 Å². The van der Waals surface area contributed by atoms with Gasteiger partial charge in [0.2, 0.25) is 0 Å². The van der Waals surface area contributed by atoms with Crippen LogP contribution in [-0.2, 0) is 4.74 Å². The summed E-state index contributed by atoms with van der Waals surface area (Å²) in [4.78, 5) is 11.4. The van der Waals surface area contributed by atoms with E-state index in [2.05, 4.69) is 28.2 Å². The van der Waals surface area contributed by atoms with E-state index < -0.39 is 5.60 Å². The fourth-order valence-electron chi connectivity index (χ4n) is 1.82. The summed E-state index contributed by atoms with van der Waals surface area (Å²) in [7, 11) is 0. The molecule has 0 aromatic heterocycles. The Morgan fingerprint density at radius 1 is 1.53 bits per heavy atom. The molecule has 0 bridgehead atoms. The van der Waals surface area contributed by atoms with Gasteiger partial charge in [-0.2, -0.15) is 0 Å². The summed E-state index contributed by atoms with van der Waals surface area (Å²) in [5, 5.41) is 3.87. The number of amides is 1. The third-order valence-electron chi connectivity index (χ3n) is 2.52. The van der Waals surface area contributed by atoms with Crippen molar-refractivity contribution in [1.29, 1.82) is 0 Å². The van der Waals surface area contributed by atoms with Crippen molar-refractivity contribution in [1.82, 2.24) is 5.32 Å². The lowest BCUT2D eigenvalue weighted by Crippen LogP contribution is -2.51. The number of halogens is 1. The highest BCUT2D eigenvalue weighted by Gasteiger charge is 2.40. The van der Waals surface area contributed by atoms with E-state index in [0.717, 1.165) is 18.2 Å². The number of rotatable bonds is 2. The van der Waals surface area contributed by atoms with Crippen molar-refractivity contribution in [3.63, 3.8) is 0 Å². The summed E-state index contributed by atoms with van der Waals surface area (Å²) in [6.45, 7) is 7.83. The Morgan fingerprint density at radius 3 is 2.47 bits per heavy atom. The molecule has 3 nitrogen and oxygen atoms in total. The number of nitrogens with one attached hydrogen (secondary N) is 1. The molecule has 0 radical (unpaired) electrons. The van der Waals surface area contributed by atoms with Crippen LogP contribution in [0.3, 0.4) is 0 Å². The van der Waals surface area contributed by atoms with Crippen molar-refractivity contribution >= 4 is 22.0 Å². The highest BCUT2D eigenvalue weighted by atomic mass is 79.9. The van der Waals surface area contributed by atoms with Crippen LogP contribution in [0, 0.1) is 5.41 Å². The lowest BCUT2D eigenvalue weighted by atomic mass is 9.68. The van der Waals surface area contributed by atoms with E-state index in [4.69, 9.17) is 4.74 Å². The number of carbonyl (C=O) groups excluding carboxylic acids is 1. The topological polar surface area (TPSA) is 38.3 Å². The molecule has 15 heavy (non-hydrogen) atoms. The summed E-state index contributed by atoms with van der Waals surface area (Å²) in [5.74, 6) is 0. The van der Waals surface area contributed by atoms with Crippen LogP contribution in [0.2, 0.25) is 0 Å². The van der Waals surface area contributed by atoms with Gasteiger partial charge in [0.05, 0.1) is 0 Å². The van der Waals surface area contributed by atoms with Crippen LogP contribution < -0.4 is 5.32 Å². The van der Waals surface area contributed by atoms with Crippen molar-refractivity contribution in [2.75, 3.05) is 5.33 Å². The maximum Gasteiger partial charge on any atom is 0.407 e. The Morgan fingerprint density at radius 2 is 2.07 bits per heavy atom. The summed E-state index contributed by atoms with van der Waals surface area (Å²) < 4.78 is 5.18. The van der Waals surface area contributed by atoms with Gasteiger partial charge in [-0.25, -0.2) is 4.79 Å². The number of alkyl carbamates (subject to hydrolysis) is 1. The Labute approximate surface area is 100 Å². The molecule has 0 unspecified atom stereocenters. The van der Waals surface area contributed by atoms with E-state index in [0.29, 0.717) is 5.41 Å². The van der Waals surface area contributed by atoms with Crippen molar-refractivity contribution in [3.8, 4) is 0 Å². The van der Waals surface area contributed by atoms with Crippen LogP contribution in [0.25, 0.3) is 0 Å². The Balaban J connectivity index is 2.25. The highest BCUT2D eigenvalue weighted by molar-refractivity contribution is 9.09. The first-order valence-electron chi connectivity index (χ1n) is 5.30. The van der Waals surface area contributed by atoms with Crippen molar-refractivity contribution in [3.05, 3.63) is 0 Å². The zero-order valence-corrected chi connectivity index (χ0v) is 11.5. The average Bonchev–Trinajstić information content (AvgIpc) is 1.97. The van der Waals surface area contributed by atoms with E-state index in [1.54, 1.807) is 0 Å². The molecule has 1 aliphatic rings. The minimum Gasteiger partial charge on any atom is -0.444 e. The van der Waals surface area contributed by atoms with Crippen LogP contribution >= 0.6 is 15.9 Å². The largest absolute Gasteiger partial charge is 0.444 e. The quantitative estimate of drug-likeness (QED) is 0.788. The third kappa shape index (κ3) is 4.01. The van der Waals surface area contributed by atoms with Crippen LogP contribution in [0.1, 0.15) is 40.5 Å². The molecule has 1 N–H and O–H groups in total. The van der Waals surface area contributed by atoms with E-state index in [-0.39, 0.29) is 12.1 Å². The van der Waals surface area contributed by atoms with Gasteiger partial charge in [-0.15, -0.1) is 0 Å². The first-order valence-corrected chi connectivity index (χ1v) is 6.42. The van der Waals surface area contributed by atoms with Gasteiger partial charge in [0.15, 0.2) is 0 Å². The molecule has 1 rings (SSSR count). The van der Waals surface area contributed by atoms with Gasteiger partial charge in [0.1, 0.15) is 5.60 Å². The molecular weight excluding hydrogens is 258 g/mol. The van der Waals surface area contributed by atoms with Crippen molar-refractivity contribution in [2.24, 2.45) is 5.41 Å². The van der Waals surface area contributed by atoms with Crippen LogP contribution in [0.15, 0.2) is 0 Å². The van der Waals surface area contributed by atoms with Gasteiger partial charge in [-0.05, 0) is 39.0 Å². The van der Waals surface area contributed by atoms with Crippen LogP contribution in [0.4, 0.5) is 4.79 Å². The average molecular weight is 278 g/mol. The van der Waals surface area contributed by atoms with Crippen molar-refractivity contribution in [2.45, 2.75) is 52.2 Å². The highest BCUT2D eigenvalue weighted by Crippen LogP contribution is 2.41. The van der Waals surface area contributed by atoms with Gasteiger partial charge < -0.3 is 10.1 Å². The predicted molar refractivity (Wildman–Crippen MR) is 64.3 cm³/mol. The normalized spacial score (nSPS) is 30.6. The standard InChI is InChI=1S/C11H20BrNO2/c1-10(2,3)15-9(14)13-8-5-11(4,6-8)7-12/h8H,5-7H2,1-4H3,(H,13,14). The van der Waals surface area contributed by atoms with Crippen LogP contribution in [0.5, 0.6) is 0 Å². The molecule has 0 saturated heterocycles. The van der Waals surface area contributed by atoms with E-state index >= 15 is 0 Å². The zero-order valence-electron chi connectivity index (χ0n) is 9.89. The van der Waals surface area contributed by atoms with Crippen molar-refractivity contribution < 1.29 is 9.53 Å². The fourth-order valence-corrected chi connectivity index (χ4v) is 2.27. The van der Waals surface area contributed by atoms with Gasteiger partial charge in [0.25, 0.3) is 0 Å². The molecule has 0 aromatic carbocycles. The second-order valence-electron chi connectivity index (χ2n) is 5.70. The molecule has 0 aliphatic heterocycles. The Bertz CT molecular complexity index is 241. The van der Waals surface area contributed by atoms with Gasteiger partial charge in [-0.1, -0.05) is 22.9 Å². The molecule has 1 saturated carbocycles. The molecule has 1 fully saturated rings. The smallest absolute Gasteiger partial charge is 0.407 e. The first kappa shape index (κ1) is 12.8. The summed E-state index contributed by atoms with van der Waals surface area (Å²) >= 11 is 3.48. The molecule has 0 spiro atoms. The van der Waals surface area contributed by atoms with Gasteiger partial charge >= 0.3 is 6.09 Å². The first-order chi connectivity index (χ1) is 6.74. The minimum absolute atomic E-state index is 0.280. The monoisotopic (exact) mass is 277 g/mol. The Kier molecular flexibility index (Phi) is 3.69. The maximum absolute atomic E-state index is 11.4. The van der Waals surface area contributed by atoms with Gasteiger partial charge in [0, 0.05) is 11.4 Å². The molecule has 1 aliphatic carbocycles. The molecule has 0 aromatic rings. The van der Waals surface area contributed by atoms with Gasteiger partial charge in [-0.3, -0.25) is 0 Å². The third-order valence-corrected chi connectivity index (χ3v) is 3.88. The fraction of sp³-hybridized carbons (Fsp3) is 0.909. The predicted octanol–water partition coefficient (Wildman–Crippen LogP) is 3.07. The number of hydrogen-bond acceptors (Lipinski definition) is 2. The van der Waals surface area contributed by atoms with E-state index in [1.807, 2.05) is 20.8 Å². The zero-order chi connectivity index (χ0) is 11.7. The Hall–Kier alpha value is -0.250. The van der Waals surface area contributed by atoms with Crippen LogP contribution in [-0.4, -0.2) is 23.1 Å². The van der Waals surface area contributed by atoms with E-state index in [9.17, 15) is 4.79 Å². The molecule has 88 valence electrons. The number of hydrogen-bond donors (Lipinski definition) is 1. The molecule has 1 amide bonds. The molecule has 0 atom stereocenters. The second kappa shape index (κ2) is 4.32. The number of ether oxygens (including phenoxy) is 1. The molecule has 4 heteroatoms. The minimum atomic E-state index is -0.410. The second-order valence-corrected chi connectivity index (χ2v) is 6.26. The molecule has 0 heterocycles. The summed E-state index contributed by atoms with van der Waals surface area (Å²) in [6.07, 6.45) is 1.75. The number of carbonyl (C=O) groups is 1. The molecular formula is C11H20BrNO2. The maximum atomic E-state index is 11.4. The lowest BCUT2D eigenvalue weighted by Gasteiger charge is -2.44. The summed E-state index contributed by atoms with van der Waals surface area (Å²) in [6, 6.07) is 0.280. The SMILES string of the molecule is CC1(CBr)CC(NC(=O)OC(C)(C)C)C1. The number of alkyl halides is 1. The summed E-state index contributed by atoms with van der Waals surface area (Å²) in [5.41, 5.74) is -0.0633.